The van der Waals surface area contributed by atoms with Crippen LogP contribution >= 0.6 is 0 Å². The van der Waals surface area contributed by atoms with Crippen molar-refractivity contribution < 1.29 is 9.90 Å². The number of nitrogens with zero attached hydrogens (tertiary/aromatic N) is 1. The summed E-state index contributed by atoms with van der Waals surface area (Å²) < 4.78 is 0. The van der Waals surface area contributed by atoms with Gasteiger partial charge in [0.1, 0.15) is 0 Å². The van der Waals surface area contributed by atoms with Gasteiger partial charge in [0.2, 0.25) is 0 Å². The standard InChI is InChI=1S/C9H15NO2/c1-8(9(11)12)4-7-10-5-2-3-6-10/h1-7H2,(H,11,12). The summed E-state index contributed by atoms with van der Waals surface area (Å²) in [6, 6.07) is 0. The topological polar surface area (TPSA) is 40.5 Å². The Bertz CT molecular complexity index is 183. The minimum Gasteiger partial charge on any atom is -0.478 e. The lowest BCUT2D eigenvalue weighted by Gasteiger charge is -2.13. The van der Waals surface area contributed by atoms with E-state index in [4.69, 9.17) is 5.11 Å². The number of rotatable bonds is 4. The van der Waals surface area contributed by atoms with Crippen molar-refractivity contribution in [1.82, 2.24) is 4.90 Å². The van der Waals surface area contributed by atoms with Gasteiger partial charge in [-0.15, -0.1) is 0 Å². The predicted molar refractivity (Wildman–Crippen MR) is 47.1 cm³/mol. The van der Waals surface area contributed by atoms with Gasteiger partial charge in [-0.05, 0) is 32.4 Å². The second-order valence-corrected chi connectivity index (χ2v) is 3.21. The molecular formula is C9H15NO2. The first-order valence-electron chi connectivity index (χ1n) is 4.33. The van der Waals surface area contributed by atoms with Gasteiger partial charge < -0.3 is 10.0 Å². The van der Waals surface area contributed by atoms with Crippen molar-refractivity contribution in [2.75, 3.05) is 19.6 Å². The smallest absolute Gasteiger partial charge is 0.331 e. The number of aliphatic carboxylic acids is 1. The van der Waals surface area contributed by atoms with Gasteiger partial charge >= 0.3 is 5.97 Å². The zero-order valence-corrected chi connectivity index (χ0v) is 7.25. The molecule has 0 saturated carbocycles. The molecule has 0 radical (unpaired) electrons. The van der Waals surface area contributed by atoms with E-state index in [1.165, 1.54) is 12.8 Å². The van der Waals surface area contributed by atoms with Gasteiger partial charge in [0.25, 0.3) is 0 Å². The summed E-state index contributed by atoms with van der Waals surface area (Å²) in [7, 11) is 0. The summed E-state index contributed by atoms with van der Waals surface area (Å²) >= 11 is 0. The first-order chi connectivity index (χ1) is 5.70. The largest absolute Gasteiger partial charge is 0.478 e. The van der Waals surface area contributed by atoms with Crippen molar-refractivity contribution in [3.05, 3.63) is 12.2 Å². The van der Waals surface area contributed by atoms with Crippen LogP contribution in [0.3, 0.4) is 0 Å². The van der Waals surface area contributed by atoms with Crippen molar-refractivity contribution in [2.45, 2.75) is 19.3 Å². The third-order valence-electron chi connectivity index (χ3n) is 2.23. The maximum absolute atomic E-state index is 10.4. The highest BCUT2D eigenvalue weighted by Crippen LogP contribution is 2.09. The summed E-state index contributed by atoms with van der Waals surface area (Å²) in [6.07, 6.45) is 3.09. The van der Waals surface area contributed by atoms with E-state index in [0.717, 1.165) is 19.6 Å². The van der Waals surface area contributed by atoms with Crippen LogP contribution in [0.5, 0.6) is 0 Å². The lowest BCUT2D eigenvalue weighted by molar-refractivity contribution is -0.132. The Balaban J connectivity index is 2.16. The van der Waals surface area contributed by atoms with E-state index in [1.807, 2.05) is 0 Å². The molecule has 3 heteroatoms. The van der Waals surface area contributed by atoms with Gasteiger partial charge in [0.05, 0.1) is 0 Å². The molecule has 0 aliphatic carbocycles. The molecule has 12 heavy (non-hydrogen) atoms. The summed E-state index contributed by atoms with van der Waals surface area (Å²) in [4.78, 5) is 12.7. The Labute approximate surface area is 72.7 Å². The number of carboxylic acids is 1. The average Bonchev–Trinajstić information content (AvgIpc) is 2.51. The summed E-state index contributed by atoms with van der Waals surface area (Å²) in [5, 5.41) is 8.54. The van der Waals surface area contributed by atoms with Crippen LogP contribution in [0.25, 0.3) is 0 Å². The average molecular weight is 169 g/mol. The third kappa shape index (κ3) is 2.66. The van der Waals surface area contributed by atoms with E-state index in [-0.39, 0.29) is 0 Å². The maximum atomic E-state index is 10.4. The minimum absolute atomic E-state index is 0.321. The van der Waals surface area contributed by atoms with Crippen LogP contribution < -0.4 is 0 Å². The highest BCUT2D eigenvalue weighted by molar-refractivity contribution is 5.85. The van der Waals surface area contributed by atoms with Gasteiger partial charge in [-0.1, -0.05) is 6.58 Å². The molecule has 0 spiro atoms. The van der Waals surface area contributed by atoms with Gasteiger partial charge in [-0.25, -0.2) is 4.79 Å². The Kier molecular flexibility index (Phi) is 3.29. The van der Waals surface area contributed by atoms with Crippen LogP contribution in [0.1, 0.15) is 19.3 Å². The van der Waals surface area contributed by atoms with Crippen molar-refractivity contribution in [3.8, 4) is 0 Å². The van der Waals surface area contributed by atoms with Gasteiger partial charge in [-0.3, -0.25) is 0 Å². The summed E-state index contributed by atoms with van der Waals surface area (Å²) in [6.45, 7) is 6.58. The van der Waals surface area contributed by atoms with Gasteiger partial charge in [-0.2, -0.15) is 0 Å². The first-order valence-corrected chi connectivity index (χ1v) is 4.33. The normalized spacial score (nSPS) is 18.0. The Hall–Kier alpha value is -0.830. The third-order valence-corrected chi connectivity index (χ3v) is 2.23. The van der Waals surface area contributed by atoms with E-state index >= 15 is 0 Å². The molecule has 1 aliphatic rings. The number of hydrogen-bond acceptors (Lipinski definition) is 2. The molecule has 1 aliphatic heterocycles. The lowest BCUT2D eigenvalue weighted by atomic mass is 10.2. The fourth-order valence-electron chi connectivity index (χ4n) is 1.41. The number of likely N-dealkylation sites (tertiary alicyclic amines) is 1. The van der Waals surface area contributed by atoms with E-state index < -0.39 is 5.97 Å². The van der Waals surface area contributed by atoms with Crippen molar-refractivity contribution >= 4 is 5.97 Å². The van der Waals surface area contributed by atoms with Gasteiger partial charge in [0.15, 0.2) is 0 Å². The van der Waals surface area contributed by atoms with E-state index in [1.54, 1.807) is 0 Å². The molecule has 1 N–H and O–H groups in total. The van der Waals surface area contributed by atoms with Crippen molar-refractivity contribution in [3.63, 3.8) is 0 Å². The van der Waals surface area contributed by atoms with Gasteiger partial charge in [0, 0.05) is 12.1 Å². The molecule has 0 aromatic carbocycles. The minimum atomic E-state index is -0.866. The summed E-state index contributed by atoms with van der Waals surface area (Å²) in [5.41, 5.74) is 0.321. The molecule has 1 saturated heterocycles. The molecule has 0 unspecified atom stereocenters. The molecule has 1 heterocycles. The quantitative estimate of drug-likeness (QED) is 0.641. The number of carboxylic acid groups (broad SMARTS) is 1. The van der Waals surface area contributed by atoms with Crippen LogP contribution in [0.15, 0.2) is 12.2 Å². The zero-order chi connectivity index (χ0) is 8.97. The van der Waals surface area contributed by atoms with E-state index in [9.17, 15) is 4.79 Å². The Morgan fingerprint density at radius 2 is 2.00 bits per heavy atom. The molecule has 68 valence electrons. The fourth-order valence-corrected chi connectivity index (χ4v) is 1.41. The molecule has 0 aromatic heterocycles. The predicted octanol–water partition coefficient (Wildman–Crippen LogP) is 1.11. The van der Waals surface area contributed by atoms with Crippen LogP contribution in [0, 0.1) is 0 Å². The first kappa shape index (κ1) is 9.26. The molecule has 1 rings (SSSR count). The summed E-state index contributed by atoms with van der Waals surface area (Å²) in [5.74, 6) is -0.866. The molecule has 0 atom stereocenters. The molecule has 3 nitrogen and oxygen atoms in total. The van der Waals surface area contributed by atoms with Crippen LogP contribution in [0.2, 0.25) is 0 Å². The second-order valence-electron chi connectivity index (χ2n) is 3.21. The second kappa shape index (κ2) is 4.26. The molecule has 0 amide bonds. The molecule has 1 fully saturated rings. The molecule has 0 bridgehead atoms. The molecular weight excluding hydrogens is 154 g/mol. The monoisotopic (exact) mass is 169 g/mol. The van der Waals surface area contributed by atoms with Crippen LogP contribution in [0.4, 0.5) is 0 Å². The van der Waals surface area contributed by atoms with Crippen molar-refractivity contribution in [2.24, 2.45) is 0 Å². The van der Waals surface area contributed by atoms with Crippen molar-refractivity contribution in [1.29, 1.82) is 0 Å². The number of carbonyl (C=O) groups is 1. The maximum Gasteiger partial charge on any atom is 0.331 e. The molecule has 0 aromatic rings. The van der Waals surface area contributed by atoms with E-state index in [2.05, 4.69) is 11.5 Å². The zero-order valence-electron chi connectivity index (χ0n) is 7.25. The van der Waals surface area contributed by atoms with Crippen LogP contribution in [-0.4, -0.2) is 35.6 Å². The SMILES string of the molecule is C=C(CCN1CCCC1)C(=O)O. The van der Waals surface area contributed by atoms with E-state index in [0.29, 0.717) is 12.0 Å². The lowest BCUT2D eigenvalue weighted by Crippen LogP contribution is -2.21. The van der Waals surface area contributed by atoms with Crippen LogP contribution in [-0.2, 0) is 4.79 Å². The highest BCUT2D eigenvalue weighted by Gasteiger charge is 2.12. The number of hydrogen-bond donors (Lipinski definition) is 1. The highest BCUT2D eigenvalue weighted by atomic mass is 16.4. The Morgan fingerprint density at radius 1 is 1.42 bits per heavy atom. The Morgan fingerprint density at radius 3 is 2.50 bits per heavy atom. The fraction of sp³-hybridized carbons (Fsp3) is 0.667.